The van der Waals surface area contributed by atoms with Gasteiger partial charge >= 0.3 is 0 Å². The van der Waals surface area contributed by atoms with Crippen molar-refractivity contribution in [2.24, 2.45) is 5.10 Å². The lowest BCUT2D eigenvalue weighted by molar-refractivity contribution is 0.0954. The minimum atomic E-state index is -0.220. The molecule has 0 aliphatic rings. The summed E-state index contributed by atoms with van der Waals surface area (Å²) in [5, 5.41) is 3.97. The first-order chi connectivity index (χ1) is 10.2. The normalized spacial score (nSPS) is 10.6. The van der Waals surface area contributed by atoms with Crippen LogP contribution in [0, 0.1) is 3.57 Å². The van der Waals surface area contributed by atoms with Crippen LogP contribution in [0.5, 0.6) is 5.75 Å². The van der Waals surface area contributed by atoms with Gasteiger partial charge in [0.05, 0.1) is 18.4 Å². The first kappa shape index (κ1) is 15.5. The molecule has 0 aliphatic heterocycles. The smallest absolute Gasteiger partial charge is 0.272 e. The van der Waals surface area contributed by atoms with Gasteiger partial charge in [-0.05, 0) is 71.5 Å². The zero-order valence-corrected chi connectivity index (χ0v) is 13.7. The van der Waals surface area contributed by atoms with Gasteiger partial charge in [0.15, 0.2) is 0 Å². The number of hydrazone groups is 1. The minimum absolute atomic E-state index is 0.220. The molecule has 0 spiro atoms. The lowest BCUT2D eigenvalue weighted by Crippen LogP contribution is -2.18. The number of rotatable bonds is 5. The second-order valence-corrected chi connectivity index (χ2v) is 5.34. The summed E-state index contributed by atoms with van der Waals surface area (Å²) in [5.41, 5.74) is 4.03. The average Bonchev–Trinajstić information content (AvgIpc) is 2.49. The molecule has 1 amide bonds. The first-order valence-corrected chi connectivity index (χ1v) is 7.59. The predicted molar refractivity (Wildman–Crippen MR) is 91.8 cm³/mol. The van der Waals surface area contributed by atoms with E-state index in [1.807, 2.05) is 49.4 Å². The number of benzene rings is 2. The maximum Gasteiger partial charge on any atom is 0.272 e. The highest BCUT2D eigenvalue weighted by molar-refractivity contribution is 14.1. The van der Waals surface area contributed by atoms with Gasteiger partial charge in [-0.1, -0.05) is 12.1 Å². The lowest BCUT2D eigenvalue weighted by atomic mass is 10.2. The lowest BCUT2D eigenvalue weighted by Gasteiger charge is -2.03. The van der Waals surface area contributed by atoms with Crippen LogP contribution in [0.1, 0.15) is 22.8 Å². The zero-order chi connectivity index (χ0) is 15.1. The molecule has 0 atom stereocenters. The van der Waals surface area contributed by atoms with Crippen molar-refractivity contribution in [1.82, 2.24) is 5.43 Å². The maximum atomic E-state index is 11.9. The molecular formula is C16H15IN2O2. The number of hydrogen-bond acceptors (Lipinski definition) is 3. The molecule has 2 aromatic carbocycles. The van der Waals surface area contributed by atoms with Crippen LogP contribution in [0.15, 0.2) is 53.6 Å². The molecule has 108 valence electrons. The van der Waals surface area contributed by atoms with Gasteiger partial charge in [0, 0.05) is 3.57 Å². The number of carbonyl (C=O) groups is 1. The summed E-state index contributed by atoms with van der Waals surface area (Å²) in [6.45, 7) is 2.58. The summed E-state index contributed by atoms with van der Waals surface area (Å²) in [6.07, 6.45) is 1.60. The largest absolute Gasteiger partial charge is 0.494 e. The van der Waals surface area contributed by atoms with Gasteiger partial charge in [0.25, 0.3) is 5.91 Å². The number of amides is 1. The van der Waals surface area contributed by atoms with Crippen LogP contribution >= 0.6 is 22.6 Å². The van der Waals surface area contributed by atoms with E-state index in [0.29, 0.717) is 12.2 Å². The highest BCUT2D eigenvalue weighted by Crippen LogP contribution is 2.12. The molecule has 0 saturated heterocycles. The second kappa shape index (κ2) is 7.78. The molecule has 0 aliphatic carbocycles. The maximum absolute atomic E-state index is 11.9. The molecule has 0 bridgehead atoms. The van der Waals surface area contributed by atoms with E-state index < -0.39 is 0 Å². The molecule has 0 fully saturated rings. The van der Waals surface area contributed by atoms with Crippen molar-refractivity contribution in [3.63, 3.8) is 0 Å². The van der Waals surface area contributed by atoms with Gasteiger partial charge < -0.3 is 4.74 Å². The summed E-state index contributed by atoms with van der Waals surface area (Å²) in [4.78, 5) is 11.9. The van der Waals surface area contributed by atoms with Crippen LogP contribution < -0.4 is 10.2 Å². The summed E-state index contributed by atoms with van der Waals surface area (Å²) < 4.78 is 6.25. The fourth-order valence-electron chi connectivity index (χ4n) is 1.69. The number of carbonyl (C=O) groups excluding carboxylic acids is 1. The quantitative estimate of drug-likeness (QED) is 0.480. The van der Waals surface area contributed by atoms with Crippen molar-refractivity contribution < 1.29 is 9.53 Å². The van der Waals surface area contributed by atoms with E-state index in [4.69, 9.17) is 4.74 Å². The van der Waals surface area contributed by atoms with Crippen molar-refractivity contribution in [3.05, 3.63) is 63.2 Å². The van der Waals surface area contributed by atoms with Crippen LogP contribution in [0.2, 0.25) is 0 Å². The van der Waals surface area contributed by atoms with Gasteiger partial charge in [-0.15, -0.1) is 0 Å². The van der Waals surface area contributed by atoms with Crippen molar-refractivity contribution in [2.45, 2.75) is 6.92 Å². The Labute approximate surface area is 137 Å². The van der Waals surface area contributed by atoms with E-state index in [1.165, 1.54) is 0 Å². The first-order valence-electron chi connectivity index (χ1n) is 6.51. The third kappa shape index (κ3) is 4.56. The highest BCUT2D eigenvalue weighted by Gasteiger charge is 2.07. The highest BCUT2D eigenvalue weighted by atomic mass is 127. The summed E-state index contributed by atoms with van der Waals surface area (Å²) in [6, 6.07) is 14.9. The molecule has 0 aromatic heterocycles. The van der Waals surface area contributed by atoms with Gasteiger partial charge in [0.1, 0.15) is 5.75 Å². The second-order valence-electron chi connectivity index (χ2n) is 4.18. The van der Waals surface area contributed by atoms with E-state index >= 15 is 0 Å². The monoisotopic (exact) mass is 394 g/mol. The minimum Gasteiger partial charge on any atom is -0.494 e. The topological polar surface area (TPSA) is 50.7 Å². The van der Waals surface area contributed by atoms with Crippen LogP contribution in [0.4, 0.5) is 0 Å². The molecule has 21 heavy (non-hydrogen) atoms. The van der Waals surface area contributed by atoms with Crippen molar-refractivity contribution >= 4 is 34.7 Å². The number of nitrogens with zero attached hydrogens (tertiary/aromatic N) is 1. The Morgan fingerprint density at radius 1 is 1.24 bits per heavy atom. The fourth-order valence-corrected chi connectivity index (χ4v) is 2.32. The van der Waals surface area contributed by atoms with Crippen LogP contribution in [0.3, 0.4) is 0 Å². The summed E-state index contributed by atoms with van der Waals surface area (Å²) in [7, 11) is 0. The van der Waals surface area contributed by atoms with Gasteiger partial charge in [0.2, 0.25) is 0 Å². The van der Waals surface area contributed by atoms with Crippen molar-refractivity contribution in [1.29, 1.82) is 0 Å². The molecule has 1 N–H and O–H groups in total. The third-order valence-electron chi connectivity index (χ3n) is 2.69. The molecule has 0 unspecified atom stereocenters. The van der Waals surface area contributed by atoms with Crippen molar-refractivity contribution in [3.8, 4) is 5.75 Å². The summed E-state index contributed by atoms with van der Waals surface area (Å²) >= 11 is 2.12. The Kier molecular flexibility index (Phi) is 5.74. The molecule has 0 heterocycles. The van der Waals surface area contributed by atoms with Crippen LogP contribution in [-0.2, 0) is 0 Å². The van der Waals surface area contributed by atoms with E-state index in [-0.39, 0.29) is 5.91 Å². The molecule has 2 rings (SSSR count). The van der Waals surface area contributed by atoms with Crippen LogP contribution in [-0.4, -0.2) is 18.7 Å². The number of hydrogen-bond donors (Lipinski definition) is 1. The van der Waals surface area contributed by atoms with Gasteiger partial charge in [-0.3, -0.25) is 4.79 Å². The average molecular weight is 394 g/mol. The Bertz CT molecular complexity index is 639. The molecule has 4 nitrogen and oxygen atoms in total. The fraction of sp³-hybridized carbons (Fsp3) is 0.125. The number of nitrogens with one attached hydrogen (secondary N) is 1. The Morgan fingerprint density at radius 3 is 2.62 bits per heavy atom. The van der Waals surface area contributed by atoms with E-state index in [2.05, 4.69) is 33.1 Å². The molecule has 5 heteroatoms. The van der Waals surface area contributed by atoms with E-state index in [9.17, 15) is 4.79 Å². The van der Waals surface area contributed by atoms with E-state index in [1.54, 1.807) is 12.3 Å². The predicted octanol–water partition coefficient (Wildman–Crippen LogP) is 3.45. The van der Waals surface area contributed by atoms with Gasteiger partial charge in [-0.2, -0.15) is 5.10 Å². The van der Waals surface area contributed by atoms with E-state index in [0.717, 1.165) is 14.9 Å². The molecule has 2 aromatic rings. The molecular weight excluding hydrogens is 379 g/mol. The van der Waals surface area contributed by atoms with Gasteiger partial charge in [-0.25, -0.2) is 5.43 Å². The Morgan fingerprint density at radius 2 is 1.95 bits per heavy atom. The van der Waals surface area contributed by atoms with Crippen molar-refractivity contribution in [2.75, 3.05) is 6.61 Å². The third-order valence-corrected chi connectivity index (χ3v) is 3.63. The zero-order valence-electron chi connectivity index (χ0n) is 11.5. The molecule has 0 radical (unpaired) electrons. The Hall–Kier alpha value is -1.89. The molecule has 0 saturated carbocycles. The standard InChI is InChI=1S/C16H15IN2O2/c1-2-21-13-9-7-12(8-10-13)11-18-19-16(20)14-5-3-4-6-15(14)17/h3-11H,2H2,1H3,(H,19,20)/b18-11-. The Balaban J connectivity index is 1.96. The number of halogens is 1. The number of ether oxygens (including phenoxy) is 1. The van der Waals surface area contributed by atoms with Crippen LogP contribution in [0.25, 0.3) is 0 Å². The summed E-state index contributed by atoms with van der Waals surface area (Å²) in [5.74, 6) is 0.597. The SMILES string of the molecule is CCOc1ccc(/C=N\NC(=O)c2ccccc2I)cc1.